The number of ether oxygens (including phenoxy) is 2. The van der Waals surface area contributed by atoms with Crippen molar-refractivity contribution < 1.29 is 22.8 Å². The van der Waals surface area contributed by atoms with E-state index in [1.807, 2.05) is 48.5 Å². The Labute approximate surface area is 204 Å². The fourth-order valence-corrected chi connectivity index (χ4v) is 5.36. The molecule has 1 fully saturated rings. The number of piperazine rings is 1. The summed E-state index contributed by atoms with van der Waals surface area (Å²) in [6.45, 7) is 2.90. The Bertz CT molecular complexity index is 1260. The van der Waals surface area contributed by atoms with E-state index in [9.17, 15) is 18.5 Å². The molecule has 0 unspecified atom stereocenters. The average molecular weight is 498 g/mol. The fourth-order valence-electron chi connectivity index (χ4n) is 3.94. The monoisotopic (exact) mass is 497 g/mol. The van der Waals surface area contributed by atoms with Crippen LogP contribution in [-0.4, -0.2) is 55.8 Å². The molecular formula is C25H27N3O6S. The van der Waals surface area contributed by atoms with Crippen molar-refractivity contribution in [2.75, 3.05) is 33.3 Å². The van der Waals surface area contributed by atoms with Crippen molar-refractivity contribution in [1.82, 2.24) is 9.21 Å². The zero-order chi connectivity index (χ0) is 24.8. The van der Waals surface area contributed by atoms with Gasteiger partial charge in [0.2, 0.25) is 10.0 Å². The lowest BCUT2D eigenvalue weighted by molar-refractivity contribution is -0.384. The molecule has 1 heterocycles. The SMILES string of the molecule is COc1ccc(CN2CCN(S(=O)(=O)c3ccc([N+](=O)[O-])cc3)CC2)cc1OCc1ccccc1. The number of non-ortho nitro benzene ring substituents is 1. The smallest absolute Gasteiger partial charge is 0.269 e. The van der Waals surface area contributed by atoms with Crippen molar-refractivity contribution in [2.24, 2.45) is 0 Å². The summed E-state index contributed by atoms with van der Waals surface area (Å²) >= 11 is 0. The Hall–Kier alpha value is -3.47. The van der Waals surface area contributed by atoms with Gasteiger partial charge in [0.15, 0.2) is 11.5 Å². The molecule has 10 heteroatoms. The summed E-state index contributed by atoms with van der Waals surface area (Å²) in [6.07, 6.45) is 0. The van der Waals surface area contributed by atoms with Gasteiger partial charge in [0, 0.05) is 44.9 Å². The molecule has 35 heavy (non-hydrogen) atoms. The molecule has 0 aliphatic carbocycles. The molecule has 0 saturated carbocycles. The maximum atomic E-state index is 12.9. The molecule has 0 amide bonds. The molecular weight excluding hydrogens is 470 g/mol. The van der Waals surface area contributed by atoms with Gasteiger partial charge in [-0.1, -0.05) is 36.4 Å². The Balaban J connectivity index is 1.37. The van der Waals surface area contributed by atoms with Crippen molar-refractivity contribution in [3.8, 4) is 11.5 Å². The minimum absolute atomic E-state index is 0.0620. The van der Waals surface area contributed by atoms with Gasteiger partial charge < -0.3 is 9.47 Å². The van der Waals surface area contributed by atoms with Gasteiger partial charge in [0.1, 0.15) is 6.61 Å². The standard InChI is InChI=1S/C25H27N3O6S/c1-33-24-12-7-21(17-25(24)34-19-20-5-3-2-4-6-20)18-26-13-15-27(16-14-26)35(31,32)23-10-8-22(9-11-23)28(29)30/h2-12,17H,13-16,18-19H2,1H3. The van der Waals surface area contributed by atoms with E-state index in [2.05, 4.69) is 4.90 Å². The molecule has 9 nitrogen and oxygen atoms in total. The van der Waals surface area contributed by atoms with Crippen LogP contribution >= 0.6 is 0 Å². The van der Waals surface area contributed by atoms with E-state index >= 15 is 0 Å². The van der Waals surface area contributed by atoms with E-state index in [0.717, 1.165) is 11.1 Å². The molecule has 1 saturated heterocycles. The Morgan fingerprint density at radius 3 is 2.20 bits per heavy atom. The first-order valence-electron chi connectivity index (χ1n) is 11.2. The van der Waals surface area contributed by atoms with E-state index in [-0.39, 0.29) is 10.6 Å². The largest absolute Gasteiger partial charge is 0.493 e. The second kappa shape index (κ2) is 10.9. The predicted octanol–water partition coefficient (Wildman–Crippen LogP) is 3.69. The van der Waals surface area contributed by atoms with Crippen molar-refractivity contribution in [1.29, 1.82) is 0 Å². The van der Waals surface area contributed by atoms with E-state index in [0.29, 0.717) is 50.8 Å². The normalized spacial score (nSPS) is 15.0. The highest BCUT2D eigenvalue weighted by Gasteiger charge is 2.29. The van der Waals surface area contributed by atoms with Crippen LogP contribution in [0, 0.1) is 10.1 Å². The van der Waals surface area contributed by atoms with Crippen LogP contribution in [0.15, 0.2) is 77.7 Å². The minimum atomic E-state index is -3.70. The molecule has 1 aliphatic rings. The quantitative estimate of drug-likeness (QED) is 0.328. The lowest BCUT2D eigenvalue weighted by Crippen LogP contribution is -2.48. The number of rotatable bonds is 9. The van der Waals surface area contributed by atoms with Crippen LogP contribution in [0.4, 0.5) is 5.69 Å². The Morgan fingerprint density at radius 2 is 1.57 bits per heavy atom. The summed E-state index contributed by atoms with van der Waals surface area (Å²) < 4.78 is 38.8. The summed E-state index contributed by atoms with van der Waals surface area (Å²) in [5.41, 5.74) is 1.96. The van der Waals surface area contributed by atoms with Crippen molar-refractivity contribution in [3.63, 3.8) is 0 Å². The molecule has 0 aromatic heterocycles. The van der Waals surface area contributed by atoms with Crippen LogP contribution in [0.5, 0.6) is 11.5 Å². The van der Waals surface area contributed by atoms with E-state index in [1.165, 1.54) is 28.6 Å². The van der Waals surface area contributed by atoms with Gasteiger partial charge in [-0.05, 0) is 35.4 Å². The van der Waals surface area contributed by atoms with Gasteiger partial charge >= 0.3 is 0 Å². The van der Waals surface area contributed by atoms with E-state index in [1.54, 1.807) is 7.11 Å². The lowest BCUT2D eigenvalue weighted by atomic mass is 10.1. The highest BCUT2D eigenvalue weighted by Crippen LogP contribution is 2.30. The van der Waals surface area contributed by atoms with Gasteiger partial charge in [0.05, 0.1) is 16.9 Å². The van der Waals surface area contributed by atoms with Crippen molar-refractivity contribution >= 4 is 15.7 Å². The van der Waals surface area contributed by atoms with Gasteiger partial charge in [-0.15, -0.1) is 0 Å². The number of methoxy groups -OCH3 is 1. The van der Waals surface area contributed by atoms with Gasteiger partial charge in [-0.2, -0.15) is 4.31 Å². The second-order valence-electron chi connectivity index (χ2n) is 8.19. The minimum Gasteiger partial charge on any atom is -0.493 e. The maximum Gasteiger partial charge on any atom is 0.269 e. The van der Waals surface area contributed by atoms with Crippen molar-refractivity contribution in [2.45, 2.75) is 18.0 Å². The third-order valence-electron chi connectivity index (χ3n) is 5.89. The van der Waals surface area contributed by atoms with Crippen LogP contribution < -0.4 is 9.47 Å². The average Bonchev–Trinajstić information content (AvgIpc) is 2.88. The molecule has 0 atom stereocenters. The highest BCUT2D eigenvalue weighted by molar-refractivity contribution is 7.89. The molecule has 4 rings (SSSR count). The summed E-state index contributed by atoms with van der Waals surface area (Å²) in [4.78, 5) is 12.5. The highest BCUT2D eigenvalue weighted by atomic mass is 32.2. The maximum absolute atomic E-state index is 12.9. The lowest BCUT2D eigenvalue weighted by Gasteiger charge is -2.34. The molecule has 3 aromatic carbocycles. The predicted molar refractivity (Wildman–Crippen MR) is 131 cm³/mol. The second-order valence-corrected chi connectivity index (χ2v) is 10.1. The summed E-state index contributed by atoms with van der Waals surface area (Å²) in [6, 6.07) is 20.7. The topological polar surface area (TPSA) is 102 Å². The third-order valence-corrected chi connectivity index (χ3v) is 7.80. The zero-order valence-electron chi connectivity index (χ0n) is 19.4. The first-order valence-corrected chi connectivity index (χ1v) is 12.6. The van der Waals surface area contributed by atoms with Crippen LogP contribution in [-0.2, 0) is 23.2 Å². The van der Waals surface area contributed by atoms with E-state index < -0.39 is 14.9 Å². The summed E-state index contributed by atoms with van der Waals surface area (Å²) in [5, 5.41) is 10.8. The van der Waals surface area contributed by atoms with Crippen LogP contribution in [0.1, 0.15) is 11.1 Å². The molecule has 184 valence electrons. The zero-order valence-corrected chi connectivity index (χ0v) is 20.2. The van der Waals surface area contributed by atoms with Gasteiger partial charge in [-0.3, -0.25) is 15.0 Å². The van der Waals surface area contributed by atoms with Crippen molar-refractivity contribution in [3.05, 3.63) is 94.0 Å². The number of hydrogen-bond donors (Lipinski definition) is 0. The van der Waals surface area contributed by atoms with Gasteiger partial charge in [0.25, 0.3) is 5.69 Å². The molecule has 0 spiro atoms. The molecule has 3 aromatic rings. The van der Waals surface area contributed by atoms with Crippen LogP contribution in [0.2, 0.25) is 0 Å². The molecule has 0 N–H and O–H groups in total. The number of benzene rings is 3. The number of hydrogen-bond acceptors (Lipinski definition) is 7. The number of nitro groups is 1. The Morgan fingerprint density at radius 1 is 0.886 bits per heavy atom. The number of nitro benzene ring substituents is 1. The fraction of sp³-hybridized carbons (Fsp3) is 0.280. The molecule has 0 radical (unpaired) electrons. The summed E-state index contributed by atoms with van der Waals surface area (Å²) in [7, 11) is -2.10. The first kappa shape index (κ1) is 24.6. The summed E-state index contributed by atoms with van der Waals surface area (Å²) in [5.74, 6) is 1.32. The first-order chi connectivity index (χ1) is 16.9. The molecule has 0 bridgehead atoms. The molecule has 1 aliphatic heterocycles. The van der Waals surface area contributed by atoms with Gasteiger partial charge in [-0.25, -0.2) is 8.42 Å². The number of sulfonamides is 1. The Kier molecular flexibility index (Phi) is 7.64. The van der Waals surface area contributed by atoms with Crippen LogP contribution in [0.25, 0.3) is 0 Å². The third kappa shape index (κ3) is 5.97. The van der Waals surface area contributed by atoms with Crippen LogP contribution in [0.3, 0.4) is 0 Å². The van der Waals surface area contributed by atoms with E-state index in [4.69, 9.17) is 9.47 Å². The number of nitrogens with zero attached hydrogens (tertiary/aromatic N) is 3.